The first kappa shape index (κ1) is 13.0. The molecule has 1 atom stereocenters. The maximum absolute atomic E-state index is 12.0. The Labute approximate surface area is 113 Å². The van der Waals surface area contributed by atoms with Crippen LogP contribution in [0.1, 0.15) is 18.4 Å². The van der Waals surface area contributed by atoms with Crippen LogP contribution >= 0.6 is 27.3 Å². The van der Waals surface area contributed by atoms with Gasteiger partial charge in [-0.1, -0.05) is 0 Å². The Hall–Kier alpha value is -0.420. The average Bonchev–Trinajstić information content (AvgIpc) is 3.03. The van der Waals surface area contributed by atoms with Crippen LogP contribution in [0.15, 0.2) is 14.1 Å². The van der Waals surface area contributed by atoms with Crippen LogP contribution in [0.3, 0.4) is 0 Å². The van der Waals surface area contributed by atoms with Gasteiger partial charge in [-0.15, -0.1) is 11.3 Å². The van der Waals surface area contributed by atoms with E-state index in [9.17, 15) is 8.42 Å². The van der Waals surface area contributed by atoms with Crippen LogP contribution in [0.4, 0.5) is 0 Å². The van der Waals surface area contributed by atoms with Gasteiger partial charge < -0.3 is 0 Å². The first-order valence-electron chi connectivity index (χ1n) is 5.12. The number of nitriles is 1. The van der Waals surface area contributed by atoms with Gasteiger partial charge in [-0.3, -0.25) is 0 Å². The van der Waals surface area contributed by atoms with Crippen molar-refractivity contribution in [2.24, 2.45) is 5.92 Å². The second kappa shape index (κ2) is 4.69. The molecule has 1 N–H and O–H groups in total. The highest BCUT2D eigenvalue weighted by atomic mass is 79.9. The first-order valence-corrected chi connectivity index (χ1v) is 8.21. The maximum atomic E-state index is 12.0. The second-order valence-corrected chi connectivity index (χ2v) is 8.40. The third kappa shape index (κ3) is 2.88. The molecule has 92 valence electrons. The molecule has 0 aliphatic heterocycles. The van der Waals surface area contributed by atoms with Gasteiger partial charge in [0.2, 0.25) is 0 Å². The fourth-order valence-corrected chi connectivity index (χ4v) is 4.90. The van der Waals surface area contributed by atoms with Gasteiger partial charge in [-0.05, 0) is 53.2 Å². The molecule has 2 rings (SSSR count). The van der Waals surface area contributed by atoms with Crippen molar-refractivity contribution in [3.63, 3.8) is 0 Å². The zero-order valence-electron chi connectivity index (χ0n) is 9.10. The SMILES string of the molecule is Cc1cc(S(=O)(=O)NC(C#N)C2CC2)sc1Br. The van der Waals surface area contributed by atoms with Crippen LogP contribution in [-0.2, 0) is 10.0 Å². The van der Waals surface area contributed by atoms with E-state index >= 15 is 0 Å². The number of thiophene rings is 1. The summed E-state index contributed by atoms with van der Waals surface area (Å²) in [6, 6.07) is 3.03. The molecule has 0 amide bonds. The van der Waals surface area contributed by atoms with Gasteiger partial charge >= 0.3 is 0 Å². The number of hydrogen-bond donors (Lipinski definition) is 1. The molecule has 1 aromatic rings. The average molecular weight is 335 g/mol. The van der Waals surface area contributed by atoms with Crippen LogP contribution in [0, 0.1) is 24.2 Å². The van der Waals surface area contributed by atoms with Gasteiger partial charge in [0.1, 0.15) is 10.3 Å². The van der Waals surface area contributed by atoms with E-state index in [4.69, 9.17) is 5.26 Å². The summed E-state index contributed by atoms with van der Waals surface area (Å²) >= 11 is 4.46. The highest BCUT2D eigenvalue weighted by molar-refractivity contribution is 9.11. The van der Waals surface area contributed by atoms with E-state index in [2.05, 4.69) is 20.7 Å². The molecule has 1 fully saturated rings. The van der Waals surface area contributed by atoms with Gasteiger partial charge in [0.15, 0.2) is 0 Å². The van der Waals surface area contributed by atoms with E-state index in [1.807, 2.05) is 13.0 Å². The largest absolute Gasteiger partial charge is 0.251 e. The summed E-state index contributed by atoms with van der Waals surface area (Å²) in [5.41, 5.74) is 0.885. The van der Waals surface area contributed by atoms with E-state index < -0.39 is 16.1 Å². The highest BCUT2D eigenvalue weighted by Crippen LogP contribution is 2.34. The summed E-state index contributed by atoms with van der Waals surface area (Å²) in [4.78, 5) is 0. The summed E-state index contributed by atoms with van der Waals surface area (Å²) in [5.74, 6) is 0.180. The van der Waals surface area contributed by atoms with Crippen LogP contribution in [0.2, 0.25) is 0 Å². The Bertz CT molecular complexity index is 550. The molecule has 1 unspecified atom stereocenters. The number of halogens is 1. The molecule has 1 aliphatic carbocycles. The van der Waals surface area contributed by atoms with E-state index in [0.29, 0.717) is 0 Å². The number of rotatable bonds is 4. The van der Waals surface area contributed by atoms with Crippen molar-refractivity contribution in [3.8, 4) is 6.07 Å². The number of hydrogen-bond acceptors (Lipinski definition) is 4. The predicted molar refractivity (Wildman–Crippen MR) is 69.2 cm³/mol. The van der Waals surface area contributed by atoms with Gasteiger partial charge in [0.05, 0.1) is 9.86 Å². The van der Waals surface area contributed by atoms with E-state index in [-0.39, 0.29) is 10.1 Å². The minimum Gasteiger partial charge on any atom is -0.206 e. The number of sulfonamides is 1. The van der Waals surface area contributed by atoms with Gasteiger partial charge in [0, 0.05) is 0 Å². The number of aryl methyl sites for hydroxylation is 1. The summed E-state index contributed by atoms with van der Waals surface area (Å²) < 4.78 is 27.6. The Morgan fingerprint density at radius 3 is 2.71 bits per heavy atom. The summed E-state index contributed by atoms with van der Waals surface area (Å²) in [7, 11) is -3.56. The number of nitrogens with one attached hydrogen (secondary N) is 1. The van der Waals surface area contributed by atoms with Gasteiger partial charge in [0.25, 0.3) is 10.0 Å². The van der Waals surface area contributed by atoms with Crippen LogP contribution in [0.25, 0.3) is 0 Å². The molecule has 0 saturated heterocycles. The van der Waals surface area contributed by atoms with Crippen molar-refractivity contribution in [2.45, 2.75) is 30.0 Å². The number of nitrogens with zero attached hydrogens (tertiary/aromatic N) is 1. The van der Waals surface area contributed by atoms with E-state index in [1.54, 1.807) is 6.07 Å². The summed E-state index contributed by atoms with van der Waals surface area (Å²) in [6.45, 7) is 1.84. The van der Waals surface area contributed by atoms with Gasteiger partial charge in [-0.25, -0.2) is 8.42 Å². The molecule has 4 nitrogen and oxygen atoms in total. The Morgan fingerprint density at radius 2 is 2.29 bits per heavy atom. The summed E-state index contributed by atoms with van der Waals surface area (Å²) in [6.07, 6.45) is 1.85. The lowest BCUT2D eigenvalue weighted by molar-refractivity contribution is 0.562. The third-order valence-electron chi connectivity index (χ3n) is 2.61. The minimum atomic E-state index is -3.56. The van der Waals surface area contributed by atoms with Crippen molar-refractivity contribution < 1.29 is 8.42 Å². The van der Waals surface area contributed by atoms with Crippen molar-refractivity contribution in [2.75, 3.05) is 0 Å². The third-order valence-corrected chi connectivity index (χ3v) is 6.67. The molecule has 7 heteroatoms. The monoisotopic (exact) mass is 334 g/mol. The zero-order valence-corrected chi connectivity index (χ0v) is 12.3. The molecule has 0 bridgehead atoms. The zero-order chi connectivity index (χ0) is 12.6. The lowest BCUT2D eigenvalue weighted by Crippen LogP contribution is -2.34. The maximum Gasteiger partial charge on any atom is 0.251 e. The van der Waals surface area contributed by atoms with E-state index in [0.717, 1.165) is 33.5 Å². The molecule has 1 aliphatic rings. The lowest BCUT2D eigenvalue weighted by Gasteiger charge is -2.09. The first-order chi connectivity index (χ1) is 7.94. The quantitative estimate of drug-likeness (QED) is 0.918. The Morgan fingerprint density at radius 1 is 1.65 bits per heavy atom. The predicted octanol–water partition coefficient (Wildman–Crippen LogP) is 2.40. The van der Waals surface area contributed by atoms with Crippen LogP contribution in [0.5, 0.6) is 0 Å². The molecular weight excluding hydrogens is 324 g/mol. The van der Waals surface area contributed by atoms with Crippen molar-refractivity contribution in [1.29, 1.82) is 5.26 Å². The normalized spacial score (nSPS) is 17.7. The highest BCUT2D eigenvalue weighted by Gasteiger charge is 2.34. The smallest absolute Gasteiger partial charge is 0.206 e. The fraction of sp³-hybridized carbons (Fsp3) is 0.500. The van der Waals surface area contributed by atoms with Crippen LogP contribution < -0.4 is 4.72 Å². The van der Waals surface area contributed by atoms with Crippen LogP contribution in [-0.4, -0.2) is 14.5 Å². The standard InChI is InChI=1S/C10H11BrN2O2S2/c1-6-4-9(16-10(6)11)17(14,15)13-8(5-12)7-2-3-7/h4,7-8,13H,2-3H2,1H3. The molecular formula is C10H11BrN2O2S2. The molecule has 0 spiro atoms. The van der Waals surface area contributed by atoms with Gasteiger partial charge in [-0.2, -0.15) is 9.98 Å². The topological polar surface area (TPSA) is 70.0 Å². The van der Waals surface area contributed by atoms with E-state index in [1.165, 1.54) is 0 Å². The minimum absolute atomic E-state index is 0.180. The molecule has 1 aromatic heterocycles. The molecule has 0 aromatic carbocycles. The summed E-state index contributed by atoms with van der Waals surface area (Å²) in [5, 5.41) is 8.92. The second-order valence-electron chi connectivity index (χ2n) is 4.09. The molecule has 1 heterocycles. The Kier molecular flexibility index (Phi) is 3.59. The molecule has 1 saturated carbocycles. The Balaban J connectivity index is 2.21. The van der Waals surface area contributed by atoms with Crippen molar-refractivity contribution in [3.05, 3.63) is 15.4 Å². The van der Waals surface area contributed by atoms with Crippen molar-refractivity contribution >= 4 is 37.3 Å². The molecule has 17 heavy (non-hydrogen) atoms. The lowest BCUT2D eigenvalue weighted by atomic mass is 10.2. The van der Waals surface area contributed by atoms with Crippen molar-refractivity contribution in [1.82, 2.24) is 4.72 Å². The fourth-order valence-electron chi connectivity index (χ4n) is 1.45. The molecule has 0 radical (unpaired) electrons.